The van der Waals surface area contributed by atoms with Crippen LogP contribution in [0.25, 0.3) is 11.5 Å². The van der Waals surface area contributed by atoms with Gasteiger partial charge in [0.25, 0.3) is 0 Å². The molecule has 0 saturated heterocycles. The van der Waals surface area contributed by atoms with Crippen LogP contribution in [0.5, 0.6) is 0 Å². The smallest absolute Gasteiger partial charge is 0.307 e. The average molecular weight is 192 g/mol. The molecule has 0 aliphatic rings. The first-order valence-corrected chi connectivity index (χ1v) is 4.09. The van der Waals surface area contributed by atoms with Gasteiger partial charge in [-0.1, -0.05) is 0 Å². The lowest BCUT2D eigenvalue weighted by molar-refractivity contribution is -0.136. The Morgan fingerprint density at radius 2 is 2.14 bits per heavy atom. The molecule has 4 heteroatoms. The monoisotopic (exact) mass is 192 g/mol. The van der Waals surface area contributed by atoms with E-state index in [-0.39, 0.29) is 6.42 Å². The van der Waals surface area contributed by atoms with Gasteiger partial charge in [0.15, 0.2) is 11.5 Å². The van der Waals surface area contributed by atoms with Crippen molar-refractivity contribution < 1.29 is 18.7 Å². The molecule has 1 N–H and O–H groups in total. The molecule has 0 radical (unpaired) electrons. The van der Waals surface area contributed by atoms with Gasteiger partial charge in [0.2, 0.25) is 0 Å². The summed E-state index contributed by atoms with van der Waals surface area (Å²) >= 11 is 0. The molecule has 72 valence electrons. The van der Waals surface area contributed by atoms with Crippen LogP contribution in [0.2, 0.25) is 0 Å². The number of furan rings is 2. The Labute approximate surface area is 79.8 Å². The van der Waals surface area contributed by atoms with Crippen molar-refractivity contribution in [2.45, 2.75) is 6.42 Å². The molecule has 0 amide bonds. The minimum Gasteiger partial charge on any atom is -0.481 e. The highest BCUT2D eigenvalue weighted by atomic mass is 16.4. The number of aliphatic carboxylic acids is 1. The number of hydrogen-bond donors (Lipinski definition) is 1. The predicted molar refractivity (Wildman–Crippen MR) is 47.7 cm³/mol. The predicted octanol–water partition coefficient (Wildman–Crippen LogP) is 2.17. The first kappa shape index (κ1) is 8.62. The zero-order valence-corrected chi connectivity index (χ0v) is 7.27. The summed E-state index contributed by atoms with van der Waals surface area (Å²) in [5, 5.41) is 8.63. The van der Waals surface area contributed by atoms with Crippen LogP contribution in [-0.4, -0.2) is 11.1 Å². The van der Waals surface area contributed by atoms with E-state index < -0.39 is 5.97 Å². The maximum Gasteiger partial charge on any atom is 0.307 e. The summed E-state index contributed by atoms with van der Waals surface area (Å²) in [5.74, 6) is 0.142. The summed E-state index contributed by atoms with van der Waals surface area (Å²) in [6.45, 7) is 0. The SMILES string of the molecule is O=C(O)Cc1ccoc1-c1ccco1. The highest BCUT2D eigenvalue weighted by Gasteiger charge is 2.13. The standard InChI is InChI=1S/C10H8O4/c11-9(12)6-7-3-5-14-10(7)8-2-1-4-13-8/h1-5H,6H2,(H,11,12). The molecule has 2 aromatic heterocycles. The van der Waals surface area contributed by atoms with E-state index in [1.54, 1.807) is 18.2 Å². The number of carboxylic acid groups (broad SMARTS) is 1. The van der Waals surface area contributed by atoms with Gasteiger partial charge in [0.1, 0.15) is 0 Å². The lowest BCUT2D eigenvalue weighted by Gasteiger charge is -1.95. The van der Waals surface area contributed by atoms with Crippen LogP contribution >= 0.6 is 0 Å². The van der Waals surface area contributed by atoms with E-state index in [0.717, 1.165) is 0 Å². The molecular formula is C10H8O4. The van der Waals surface area contributed by atoms with Crippen molar-refractivity contribution in [1.82, 2.24) is 0 Å². The Bertz CT molecular complexity index is 425. The Hall–Kier alpha value is -1.97. The fourth-order valence-corrected chi connectivity index (χ4v) is 1.26. The quantitative estimate of drug-likeness (QED) is 0.809. The minimum atomic E-state index is -0.890. The van der Waals surface area contributed by atoms with Crippen LogP contribution in [0.15, 0.2) is 39.6 Å². The summed E-state index contributed by atoms with van der Waals surface area (Å²) < 4.78 is 10.3. The number of carboxylic acids is 1. The van der Waals surface area contributed by atoms with Crippen molar-refractivity contribution >= 4 is 5.97 Å². The van der Waals surface area contributed by atoms with Crippen molar-refractivity contribution in [2.24, 2.45) is 0 Å². The summed E-state index contributed by atoms with van der Waals surface area (Å²) in [6.07, 6.45) is 2.91. The Morgan fingerprint density at radius 3 is 2.79 bits per heavy atom. The number of carbonyl (C=O) groups is 1. The second kappa shape index (κ2) is 3.41. The Balaban J connectivity index is 2.35. The molecule has 4 nitrogen and oxygen atoms in total. The van der Waals surface area contributed by atoms with Gasteiger partial charge in [-0.05, 0) is 18.2 Å². The van der Waals surface area contributed by atoms with Crippen molar-refractivity contribution in [2.75, 3.05) is 0 Å². The van der Waals surface area contributed by atoms with Gasteiger partial charge < -0.3 is 13.9 Å². The largest absolute Gasteiger partial charge is 0.481 e. The zero-order valence-electron chi connectivity index (χ0n) is 7.27. The van der Waals surface area contributed by atoms with E-state index in [0.29, 0.717) is 17.1 Å². The molecule has 0 aliphatic carbocycles. The molecule has 0 fully saturated rings. The molecule has 0 bridgehead atoms. The van der Waals surface area contributed by atoms with Crippen molar-refractivity contribution in [3.05, 3.63) is 36.3 Å². The fourth-order valence-electron chi connectivity index (χ4n) is 1.26. The van der Waals surface area contributed by atoms with E-state index in [4.69, 9.17) is 13.9 Å². The van der Waals surface area contributed by atoms with Crippen molar-refractivity contribution in [1.29, 1.82) is 0 Å². The average Bonchev–Trinajstić information content (AvgIpc) is 2.70. The summed E-state index contributed by atoms with van der Waals surface area (Å²) in [6, 6.07) is 5.08. The van der Waals surface area contributed by atoms with E-state index in [1.807, 2.05) is 0 Å². The topological polar surface area (TPSA) is 63.6 Å². The van der Waals surface area contributed by atoms with Crippen molar-refractivity contribution in [3.63, 3.8) is 0 Å². The Kier molecular flexibility index (Phi) is 2.10. The van der Waals surface area contributed by atoms with E-state index in [9.17, 15) is 4.79 Å². The molecule has 0 saturated carbocycles. The maximum absolute atomic E-state index is 10.5. The van der Waals surface area contributed by atoms with Crippen LogP contribution in [0, 0.1) is 0 Å². The van der Waals surface area contributed by atoms with Gasteiger partial charge in [-0.3, -0.25) is 4.79 Å². The molecule has 0 aromatic carbocycles. The minimum absolute atomic E-state index is 0.0630. The normalized spacial score (nSPS) is 10.3. The number of rotatable bonds is 3. The van der Waals surface area contributed by atoms with Gasteiger partial charge in [-0.25, -0.2) is 0 Å². The van der Waals surface area contributed by atoms with Gasteiger partial charge in [-0.2, -0.15) is 0 Å². The van der Waals surface area contributed by atoms with Crippen LogP contribution in [0.1, 0.15) is 5.56 Å². The second-order valence-electron chi connectivity index (χ2n) is 2.82. The van der Waals surface area contributed by atoms with Gasteiger partial charge in [0, 0.05) is 5.56 Å². The number of hydrogen-bond acceptors (Lipinski definition) is 3. The molecular weight excluding hydrogens is 184 g/mol. The highest BCUT2D eigenvalue weighted by molar-refractivity contribution is 5.73. The molecule has 0 unspecified atom stereocenters. The highest BCUT2D eigenvalue weighted by Crippen LogP contribution is 2.25. The lowest BCUT2D eigenvalue weighted by Crippen LogP contribution is -1.99. The summed E-state index contributed by atoms with van der Waals surface area (Å²) in [4.78, 5) is 10.5. The van der Waals surface area contributed by atoms with E-state index in [2.05, 4.69) is 0 Å². The summed E-state index contributed by atoms with van der Waals surface area (Å²) in [7, 11) is 0. The maximum atomic E-state index is 10.5. The summed E-state index contributed by atoms with van der Waals surface area (Å²) in [5.41, 5.74) is 0.618. The molecule has 0 atom stereocenters. The third-order valence-electron chi connectivity index (χ3n) is 1.83. The molecule has 2 aromatic rings. The fraction of sp³-hybridized carbons (Fsp3) is 0.100. The van der Waals surface area contributed by atoms with E-state index >= 15 is 0 Å². The molecule has 0 spiro atoms. The van der Waals surface area contributed by atoms with Crippen LogP contribution < -0.4 is 0 Å². The molecule has 0 aliphatic heterocycles. The van der Waals surface area contributed by atoms with Crippen LogP contribution in [0.3, 0.4) is 0 Å². The lowest BCUT2D eigenvalue weighted by atomic mass is 10.1. The molecule has 2 heterocycles. The third kappa shape index (κ3) is 1.54. The first-order chi connectivity index (χ1) is 6.77. The zero-order chi connectivity index (χ0) is 9.97. The van der Waals surface area contributed by atoms with E-state index in [1.165, 1.54) is 12.5 Å². The molecule has 14 heavy (non-hydrogen) atoms. The van der Waals surface area contributed by atoms with Crippen LogP contribution in [-0.2, 0) is 11.2 Å². The third-order valence-corrected chi connectivity index (χ3v) is 1.83. The second-order valence-corrected chi connectivity index (χ2v) is 2.82. The molecule has 2 rings (SSSR count). The van der Waals surface area contributed by atoms with Gasteiger partial charge in [0.05, 0.1) is 18.9 Å². The van der Waals surface area contributed by atoms with Crippen molar-refractivity contribution in [3.8, 4) is 11.5 Å². The van der Waals surface area contributed by atoms with Crippen LogP contribution in [0.4, 0.5) is 0 Å². The Morgan fingerprint density at radius 1 is 1.29 bits per heavy atom. The first-order valence-electron chi connectivity index (χ1n) is 4.09. The van der Waals surface area contributed by atoms with Gasteiger partial charge >= 0.3 is 5.97 Å². The van der Waals surface area contributed by atoms with Gasteiger partial charge in [-0.15, -0.1) is 0 Å².